The van der Waals surface area contributed by atoms with Crippen molar-refractivity contribution < 1.29 is 37.8 Å². The predicted molar refractivity (Wildman–Crippen MR) is 109 cm³/mol. The van der Waals surface area contributed by atoms with E-state index in [0.29, 0.717) is 5.56 Å². The number of hydrogen-bond donors (Lipinski definition) is 2. The number of aryl methyl sites for hydroxylation is 1. The quantitative estimate of drug-likeness (QED) is 0.579. The van der Waals surface area contributed by atoms with Crippen LogP contribution in [0.1, 0.15) is 56.0 Å². The molecule has 0 aliphatic heterocycles. The van der Waals surface area contributed by atoms with E-state index in [-0.39, 0.29) is 33.6 Å². The molecule has 0 saturated carbocycles. The molecule has 2 rings (SSSR count). The molecule has 0 saturated heterocycles. The topological polar surface area (TPSA) is 135 Å². The van der Waals surface area contributed by atoms with Crippen LogP contribution in [0.15, 0.2) is 29.2 Å². The number of ether oxygens (including phenoxy) is 1. The summed E-state index contributed by atoms with van der Waals surface area (Å²) < 4.78 is 30.1. The molecule has 0 bridgehead atoms. The number of halogens is 1. The van der Waals surface area contributed by atoms with Gasteiger partial charge >= 0.3 is 11.9 Å². The van der Waals surface area contributed by atoms with Gasteiger partial charge in [0.2, 0.25) is 0 Å². The third-order valence-electron chi connectivity index (χ3n) is 4.28. The van der Waals surface area contributed by atoms with E-state index in [4.69, 9.17) is 16.3 Å². The Balaban J connectivity index is 2.84. The summed E-state index contributed by atoms with van der Waals surface area (Å²) in [5, 5.41) is 18.7. The van der Waals surface area contributed by atoms with E-state index < -0.39 is 44.2 Å². The standard InChI is InChI=1S/C20H19ClO8S/c1-4-29-18-14(30(27,28)5-2)7-6-11(16(18)21)17(22)15-12(19(23)24)8-10(3)9-13(15)20(25)26/h6-9H,4-5H2,1-3H3,(H,23,24)(H,25,26). The lowest BCUT2D eigenvalue weighted by Gasteiger charge is -2.16. The Bertz CT molecular complexity index is 1120. The van der Waals surface area contributed by atoms with Crippen LogP contribution in [0.25, 0.3) is 0 Å². The van der Waals surface area contributed by atoms with Crippen LogP contribution in [0, 0.1) is 6.92 Å². The van der Waals surface area contributed by atoms with E-state index in [1.54, 1.807) is 6.92 Å². The maximum absolute atomic E-state index is 13.2. The third kappa shape index (κ3) is 4.31. The molecule has 0 heterocycles. The van der Waals surface area contributed by atoms with Gasteiger partial charge in [0, 0.05) is 5.56 Å². The molecule has 10 heteroatoms. The van der Waals surface area contributed by atoms with Crippen LogP contribution in [-0.2, 0) is 9.84 Å². The number of ketones is 1. The Kier molecular flexibility index (Phi) is 6.89. The van der Waals surface area contributed by atoms with Crippen molar-refractivity contribution in [1.29, 1.82) is 0 Å². The molecule has 30 heavy (non-hydrogen) atoms. The van der Waals surface area contributed by atoms with Crippen LogP contribution in [0.2, 0.25) is 5.02 Å². The molecule has 0 fully saturated rings. The smallest absolute Gasteiger partial charge is 0.336 e. The van der Waals surface area contributed by atoms with Crippen molar-refractivity contribution in [1.82, 2.24) is 0 Å². The van der Waals surface area contributed by atoms with Crippen LogP contribution >= 0.6 is 11.6 Å². The van der Waals surface area contributed by atoms with Crippen molar-refractivity contribution in [2.24, 2.45) is 0 Å². The molecule has 0 spiro atoms. The third-order valence-corrected chi connectivity index (χ3v) is 6.41. The Morgan fingerprint density at radius 3 is 1.97 bits per heavy atom. The second-order valence-electron chi connectivity index (χ2n) is 6.27. The highest BCUT2D eigenvalue weighted by atomic mass is 35.5. The zero-order chi connectivity index (χ0) is 22.8. The van der Waals surface area contributed by atoms with Crippen LogP contribution in [-0.4, -0.2) is 48.7 Å². The number of carbonyl (C=O) groups is 3. The van der Waals surface area contributed by atoms with E-state index in [0.717, 1.165) is 12.1 Å². The molecule has 160 valence electrons. The van der Waals surface area contributed by atoms with Gasteiger partial charge in [-0.05, 0) is 43.7 Å². The van der Waals surface area contributed by atoms with Crippen molar-refractivity contribution in [3.05, 3.63) is 57.1 Å². The number of rotatable bonds is 8. The summed E-state index contributed by atoms with van der Waals surface area (Å²) >= 11 is 6.29. The number of carbonyl (C=O) groups excluding carboxylic acids is 1. The summed E-state index contributed by atoms with van der Waals surface area (Å²) in [6, 6.07) is 4.61. The first kappa shape index (κ1) is 23.4. The van der Waals surface area contributed by atoms with Crippen LogP contribution in [0.3, 0.4) is 0 Å². The van der Waals surface area contributed by atoms with Crippen molar-refractivity contribution in [2.75, 3.05) is 12.4 Å². The Hall–Kier alpha value is -2.91. The molecule has 2 aromatic carbocycles. The summed E-state index contributed by atoms with van der Waals surface area (Å²) in [4.78, 5) is 36.3. The van der Waals surface area contributed by atoms with Gasteiger partial charge in [0.15, 0.2) is 21.4 Å². The summed E-state index contributed by atoms with van der Waals surface area (Å²) in [5.74, 6) is -4.43. The van der Waals surface area contributed by atoms with Crippen molar-refractivity contribution in [3.8, 4) is 5.75 Å². The van der Waals surface area contributed by atoms with E-state index in [1.807, 2.05) is 0 Å². The molecule has 0 amide bonds. The number of carboxylic acids is 2. The van der Waals surface area contributed by atoms with Gasteiger partial charge in [-0.15, -0.1) is 0 Å². The first-order valence-corrected chi connectivity index (χ1v) is 10.8. The van der Waals surface area contributed by atoms with E-state index in [9.17, 15) is 33.0 Å². The maximum atomic E-state index is 13.2. The number of aromatic carboxylic acids is 2. The van der Waals surface area contributed by atoms with Gasteiger partial charge in [-0.3, -0.25) is 4.79 Å². The van der Waals surface area contributed by atoms with Crippen LogP contribution in [0.5, 0.6) is 5.75 Å². The highest BCUT2D eigenvalue weighted by Crippen LogP contribution is 2.37. The number of sulfone groups is 1. The van der Waals surface area contributed by atoms with Gasteiger partial charge in [-0.25, -0.2) is 18.0 Å². The van der Waals surface area contributed by atoms with Gasteiger partial charge in [-0.2, -0.15) is 0 Å². The molecule has 0 aromatic heterocycles. The number of carboxylic acid groups (broad SMARTS) is 2. The molecule has 0 atom stereocenters. The Labute approximate surface area is 178 Å². The zero-order valence-corrected chi connectivity index (χ0v) is 17.9. The first-order valence-electron chi connectivity index (χ1n) is 8.80. The fourth-order valence-electron chi connectivity index (χ4n) is 2.90. The number of hydrogen-bond acceptors (Lipinski definition) is 6. The van der Waals surface area contributed by atoms with Crippen LogP contribution < -0.4 is 4.74 Å². The summed E-state index contributed by atoms with van der Waals surface area (Å²) in [7, 11) is -3.74. The summed E-state index contributed by atoms with van der Waals surface area (Å²) in [5.41, 5.74) is -1.50. The molecule has 0 aliphatic carbocycles. The van der Waals surface area contributed by atoms with E-state index in [1.165, 1.54) is 26.0 Å². The maximum Gasteiger partial charge on any atom is 0.336 e. The SMILES string of the molecule is CCOc1c(S(=O)(=O)CC)ccc(C(=O)c2c(C(=O)O)cc(C)cc2C(=O)O)c1Cl. The minimum absolute atomic E-state index is 0.0505. The van der Waals surface area contributed by atoms with E-state index in [2.05, 4.69) is 0 Å². The van der Waals surface area contributed by atoms with Crippen molar-refractivity contribution >= 4 is 39.2 Å². The molecule has 8 nitrogen and oxygen atoms in total. The minimum atomic E-state index is -3.74. The molecule has 0 unspecified atom stereocenters. The Morgan fingerprint density at radius 2 is 1.53 bits per heavy atom. The average Bonchev–Trinajstić information content (AvgIpc) is 2.68. The highest BCUT2D eigenvalue weighted by molar-refractivity contribution is 7.91. The first-order chi connectivity index (χ1) is 14.0. The monoisotopic (exact) mass is 454 g/mol. The van der Waals surface area contributed by atoms with Gasteiger partial charge in [0.25, 0.3) is 0 Å². The molecular formula is C20H19ClO8S. The lowest BCUT2D eigenvalue weighted by atomic mass is 9.91. The second kappa shape index (κ2) is 8.85. The Morgan fingerprint density at radius 1 is 1.00 bits per heavy atom. The predicted octanol–water partition coefficient (Wildman–Crippen LogP) is 3.47. The van der Waals surface area contributed by atoms with Gasteiger partial charge in [0.1, 0.15) is 4.90 Å². The molecule has 0 aliphatic rings. The van der Waals surface area contributed by atoms with Crippen molar-refractivity contribution in [2.45, 2.75) is 25.7 Å². The molecule has 2 N–H and O–H groups in total. The minimum Gasteiger partial charge on any atom is -0.491 e. The molecule has 0 radical (unpaired) electrons. The van der Waals surface area contributed by atoms with Gasteiger partial charge in [0.05, 0.1) is 34.1 Å². The second-order valence-corrected chi connectivity index (χ2v) is 8.89. The fraction of sp³-hybridized carbons (Fsp3) is 0.250. The van der Waals surface area contributed by atoms with Crippen LogP contribution in [0.4, 0.5) is 0 Å². The van der Waals surface area contributed by atoms with E-state index >= 15 is 0 Å². The van der Waals surface area contributed by atoms with Gasteiger partial charge in [-0.1, -0.05) is 18.5 Å². The fourth-order valence-corrected chi connectivity index (χ4v) is 4.29. The van der Waals surface area contributed by atoms with Crippen molar-refractivity contribution in [3.63, 3.8) is 0 Å². The number of benzene rings is 2. The lowest BCUT2D eigenvalue weighted by Crippen LogP contribution is -2.17. The summed E-state index contributed by atoms with van der Waals surface area (Å²) in [6.45, 7) is 4.58. The molecular weight excluding hydrogens is 436 g/mol. The highest BCUT2D eigenvalue weighted by Gasteiger charge is 2.30. The lowest BCUT2D eigenvalue weighted by molar-refractivity contribution is 0.0689. The zero-order valence-electron chi connectivity index (χ0n) is 16.4. The largest absolute Gasteiger partial charge is 0.491 e. The average molecular weight is 455 g/mol. The molecule has 2 aromatic rings. The normalized spacial score (nSPS) is 11.2. The summed E-state index contributed by atoms with van der Waals surface area (Å²) in [6.07, 6.45) is 0. The van der Waals surface area contributed by atoms with Gasteiger partial charge < -0.3 is 14.9 Å².